The average molecular weight is 254 g/mol. The van der Waals surface area contributed by atoms with E-state index < -0.39 is 0 Å². The molecule has 0 spiro atoms. The van der Waals surface area contributed by atoms with Crippen LogP contribution in [-0.2, 0) is 4.79 Å². The minimum absolute atomic E-state index is 0.0909. The molecule has 2 aliphatic rings. The fraction of sp³-hybridized carbons (Fsp3) is 0.923. The summed E-state index contributed by atoms with van der Waals surface area (Å²) in [4.78, 5) is 16.5. The molecule has 0 saturated carbocycles. The average Bonchev–Trinajstić information content (AvgIpc) is 2.61. The van der Waals surface area contributed by atoms with Gasteiger partial charge >= 0.3 is 0 Å². The molecule has 2 rings (SSSR count). The zero-order valence-electron chi connectivity index (χ0n) is 11.6. The largest absolute Gasteiger partial charge is 0.359 e. The van der Waals surface area contributed by atoms with Crippen LogP contribution in [0.15, 0.2) is 0 Å². The van der Waals surface area contributed by atoms with Crippen LogP contribution in [0, 0.1) is 0 Å². The number of amides is 1. The summed E-state index contributed by atoms with van der Waals surface area (Å²) in [5.41, 5.74) is 5.86. The third-order valence-corrected chi connectivity index (χ3v) is 4.67. The molecule has 1 amide bonds. The third kappa shape index (κ3) is 2.84. The van der Waals surface area contributed by atoms with Crippen molar-refractivity contribution in [2.45, 2.75) is 43.8 Å². The molecule has 2 heterocycles. The van der Waals surface area contributed by atoms with Crippen molar-refractivity contribution in [3.05, 3.63) is 0 Å². The Balaban J connectivity index is 1.97. The van der Waals surface area contributed by atoms with Gasteiger partial charge in [-0.1, -0.05) is 0 Å². The smallest absolute Gasteiger partial charge is 0.221 e. The lowest BCUT2D eigenvalue weighted by atomic mass is 10.1. The molecule has 2 bridgehead atoms. The summed E-state index contributed by atoms with van der Waals surface area (Å²) < 4.78 is 0. The summed E-state index contributed by atoms with van der Waals surface area (Å²) in [6.07, 6.45) is 4.35. The molecular weight excluding hydrogens is 228 g/mol. The number of likely N-dealkylation sites (N-methyl/N-ethyl adjacent to an activating group) is 1. The Kier molecular flexibility index (Phi) is 4.59. The number of nitrogens with two attached hydrogens (primary N) is 1. The molecule has 0 aromatic rings. The van der Waals surface area contributed by atoms with Gasteiger partial charge in [-0.3, -0.25) is 14.6 Å². The maximum atomic E-state index is 11.5. The van der Waals surface area contributed by atoms with Crippen LogP contribution >= 0.6 is 0 Å². The zero-order chi connectivity index (χ0) is 13.1. The highest BCUT2D eigenvalue weighted by atomic mass is 16.1. The summed E-state index contributed by atoms with van der Waals surface area (Å²) in [6, 6.07) is 1.58. The van der Waals surface area contributed by atoms with Gasteiger partial charge < -0.3 is 11.1 Å². The highest BCUT2D eigenvalue weighted by Crippen LogP contribution is 2.29. The molecule has 5 heteroatoms. The number of rotatable bonds is 4. The van der Waals surface area contributed by atoms with E-state index in [2.05, 4.69) is 22.2 Å². The van der Waals surface area contributed by atoms with Gasteiger partial charge in [-0.2, -0.15) is 0 Å². The molecule has 0 aromatic carbocycles. The Morgan fingerprint density at radius 3 is 2.78 bits per heavy atom. The molecule has 0 aromatic heterocycles. The maximum Gasteiger partial charge on any atom is 0.221 e. The molecule has 2 saturated heterocycles. The van der Waals surface area contributed by atoms with Crippen molar-refractivity contribution in [1.82, 2.24) is 15.1 Å². The van der Waals surface area contributed by atoms with E-state index in [1.807, 2.05) is 0 Å². The van der Waals surface area contributed by atoms with E-state index in [1.54, 1.807) is 7.05 Å². The van der Waals surface area contributed by atoms with Crippen LogP contribution in [0.2, 0.25) is 0 Å². The fourth-order valence-electron chi connectivity index (χ4n) is 3.34. The van der Waals surface area contributed by atoms with Crippen molar-refractivity contribution in [2.24, 2.45) is 5.73 Å². The number of hydrogen-bond acceptors (Lipinski definition) is 4. The van der Waals surface area contributed by atoms with Gasteiger partial charge in [-0.15, -0.1) is 0 Å². The van der Waals surface area contributed by atoms with Crippen molar-refractivity contribution in [2.75, 3.05) is 33.7 Å². The van der Waals surface area contributed by atoms with Gasteiger partial charge in [0.15, 0.2) is 0 Å². The topological polar surface area (TPSA) is 61.6 Å². The van der Waals surface area contributed by atoms with Crippen LogP contribution in [-0.4, -0.2) is 67.6 Å². The van der Waals surface area contributed by atoms with Crippen LogP contribution < -0.4 is 11.1 Å². The number of fused-ring (bicyclic) bond motifs is 2. The molecule has 2 fully saturated rings. The minimum atomic E-state index is 0.0909. The summed E-state index contributed by atoms with van der Waals surface area (Å²) in [6.45, 7) is 2.70. The molecule has 5 nitrogen and oxygen atoms in total. The van der Waals surface area contributed by atoms with Crippen molar-refractivity contribution in [3.8, 4) is 0 Å². The van der Waals surface area contributed by atoms with Crippen LogP contribution in [0.1, 0.15) is 25.7 Å². The van der Waals surface area contributed by atoms with Crippen LogP contribution in [0.4, 0.5) is 0 Å². The molecule has 3 N–H and O–H groups in total. The lowest BCUT2D eigenvalue weighted by Crippen LogP contribution is -2.47. The Hall–Kier alpha value is -0.650. The maximum absolute atomic E-state index is 11.5. The monoisotopic (exact) mass is 254 g/mol. The molecule has 18 heavy (non-hydrogen) atoms. The Labute approximate surface area is 110 Å². The minimum Gasteiger partial charge on any atom is -0.359 e. The van der Waals surface area contributed by atoms with E-state index in [9.17, 15) is 4.79 Å². The van der Waals surface area contributed by atoms with Gasteiger partial charge in [0.1, 0.15) is 0 Å². The summed E-state index contributed by atoms with van der Waals surface area (Å²) in [7, 11) is 3.93. The molecule has 0 radical (unpaired) electrons. The standard InChI is InChI=1S/C13H26N4O/c1-15-13(18)7-12(8-14)17-6-5-10-3-4-11(9-17)16(10)2/h10-12H,3-9,14H2,1-2H3,(H,15,18). The first-order valence-corrected chi connectivity index (χ1v) is 7.02. The predicted molar refractivity (Wildman–Crippen MR) is 72.3 cm³/mol. The Morgan fingerprint density at radius 1 is 1.39 bits per heavy atom. The first-order chi connectivity index (χ1) is 8.65. The quantitative estimate of drug-likeness (QED) is 0.718. The summed E-state index contributed by atoms with van der Waals surface area (Å²) >= 11 is 0. The van der Waals surface area contributed by atoms with E-state index in [1.165, 1.54) is 19.3 Å². The van der Waals surface area contributed by atoms with E-state index in [4.69, 9.17) is 5.73 Å². The van der Waals surface area contributed by atoms with Gasteiger partial charge in [-0.25, -0.2) is 0 Å². The normalized spacial score (nSPS) is 31.1. The van der Waals surface area contributed by atoms with Crippen LogP contribution in [0.3, 0.4) is 0 Å². The Bertz CT molecular complexity index is 297. The predicted octanol–water partition coefficient (Wildman–Crippen LogP) is -0.382. The van der Waals surface area contributed by atoms with E-state index in [0.29, 0.717) is 19.0 Å². The number of nitrogens with zero attached hydrogens (tertiary/aromatic N) is 2. The van der Waals surface area contributed by atoms with Crippen molar-refractivity contribution >= 4 is 5.91 Å². The highest BCUT2D eigenvalue weighted by Gasteiger charge is 2.36. The number of nitrogens with one attached hydrogen (secondary N) is 1. The lowest BCUT2D eigenvalue weighted by Gasteiger charge is -2.32. The molecule has 3 atom stereocenters. The SMILES string of the molecule is CNC(=O)CC(CN)N1CCC2CCC(C1)N2C. The Morgan fingerprint density at radius 2 is 2.11 bits per heavy atom. The number of carbonyl (C=O) groups is 1. The third-order valence-electron chi connectivity index (χ3n) is 4.67. The highest BCUT2D eigenvalue weighted by molar-refractivity contribution is 5.76. The van der Waals surface area contributed by atoms with Crippen molar-refractivity contribution in [3.63, 3.8) is 0 Å². The summed E-state index contributed by atoms with van der Waals surface area (Å²) in [5, 5.41) is 2.70. The first-order valence-electron chi connectivity index (χ1n) is 7.02. The van der Waals surface area contributed by atoms with E-state index >= 15 is 0 Å². The first kappa shape index (κ1) is 13.8. The molecule has 104 valence electrons. The van der Waals surface area contributed by atoms with Gasteiger partial charge in [0.25, 0.3) is 0 Å². The van der Waals surface area contributed by atoms with E-state index in [0.717, 1.165) is 19.1 Å². The van der Waals surface area contributed by atoms with Gasteiger partial charge in [0.2, 0.25) is 5.91 Å². The molecule has 0 aliphatic carbocycles. The lowest BCUT2D eigenvalue weighted by molar-refractivity contribution is -0.121. The number of carbonyl (C=O) groups excluding carboxylic acids is 1. The van der Waals surface area contributed by atoms with Gasteiger partial charge in [0, 0.05) is 51.2 Å². The second kappa shape index (κ2) is 5.99. The number of likely N-dealkylation sites (tertiary alicyclic amines) is 1. The fourth-order valence-corrected chi connectivity index (χ4v) is 3.34. The molecular formula is C13H26N4O. The van der Waals surface area contributed by atoms with Crippen LogP contribution in [0.5, 0.6) is 0 Å². The van der Waals surface area contributed by atoms with Crippen molar-refractivity contribution < 1.29 is 4.79 Å². The number of hydrogen-bond donors (Lipinski definition) is 2. The van der Waals surface area contributed by atoms with Gasteiger partial charge in [0.05, 0.1) is 0 Å². The van der Waals surface area contributed by atoms with Crippen LogP contribution in [0.25, 0.3) is 0 Å². The van der Waals surface area contributed by atoms with Gasteiger partial charge in [-0.05, 0) is 26.3 Å². The molecule has 3 unspecified atom stereocenters. The van der Waals surface area contributed by atoms with Crippen molar-refractivity contribution in [1.29, 1.82) is 0 Å². The second-order valence-corrected chi connectivity index (χ2v) is 5.60. The zero-order valence-corrected chi connectivity index (χ0v) is 11.6. The summed E-state index contributed by atoms with van der Waals surface area (Å²) in [5.74, 6) is 0.0909. The van der Waals surface area contributed by atoms with E-state index in [-0.39, 0.29) is 11.9 Å². The second-order valence-electron chi connectivity index (χ2n) is 5.60. The molecule has 2 aliphatic heterocycles.